The first-order valence-corrected chi connectivity index (χ1v) is 10.1. The number of alkyl halides is 3. The number of Topliss-reactive ketones (excluding diaryl/α,β-unsaturated/α-hetero) is 1. The molecule has 0 aromatic heterocycles. The molecule has 3 aliphatic rings. The van der Waals surface area contributed by atoms with Crippen LogP contribution in [0.25, 0.3) is 0 Å². The van der Waals surface area contributed by atoms with E-state index in [4.69, 9.17) is 4.74 Å². The van der Waals surface area contributed by atoms with Gasteiger partial charge in [0.2, 0.25) is 0 Å². The van der Waals surface area contributed by atoms with Crippen LogP contribution in [0.4, 0.5) is 13.2 Å². The molecule has 2 saturated carbocycles. The van der Waals surface area contributed by atoms with Crippen molar-refractivity contribution in [2.45, 2.75) is 70.4 Å². The number of benzene rings is 1. The monoisotopic (exact) mass is 380 g/mol. The lowest BCUT2D eigenvalue weighted by Gasteiger charge is -2.48. The van der Waals surface area contributed by atoms with E-state index >= 15 is 0 Å². The van der Waals surface area contributed by atoms with E-state index in [1.807, 2.05) is 12.1 Å². The molecule has 0 unspecified atom stereocenters. The second-order valence-electron chi connectivity index (χ2n) is 8.76. The highest BCUT2D eigenvalue weighted by Crippen LogP contribution is 2.59. The van der Waals surface area contributed by atoms with Crippen molar-refractivity contribution < 1.29 is 22.7 Å². The molecule has 0 heterocycles. The number of halogens is 3. The Balaban J connectivity index is 1.44. The number of aryl methyl sites for hydroxylation is 1. The summed E-state index contributed by atoms with van der Waals surface area (Å²) < 4.78 is 42.3. The maximum atomic E-state index is 12.4. The van der Waals surface area contributed by atoms with Gasteiger partial charge in [0, 0.05) is 18.3 Å². The van der Waals surface area contributed by atoms with Gasteiger partial charge in [-0.25, -0.2) is 0 Å². The Bertz CT molecular complexity index is 727. The first-order valence-electron chi connectivity index (χ1n) is 10.1. The Kier molecular flexibility index (Phi) is 4.76. The van der Waals surface area contributed by atoms with E-state index < -0.39 is 12.6 Å². The summed E-state index contributed by atoms with van der Waals surface area (Å²) in [6.07, 6.45) is 0.939. The molecule has 4 atom stereocenters. The van der Waals surface area contributed by atoms with Gasteiger partial charge in [0.25, 0.3) is 0 Å². The minimum Gasteiger partial charge on any atom is -0.494 e. The fraction of sp³-hybridized carbons (Fsp3) is 0.682. The first kappa shape index (κ1) is 18.8. The van der Waals surface area contributed by atoms with Crippen LogP contribution in [0.1, 0.15) is 68.9 Å². The normalized spacial score (nSPS) is 32.6. The quantitative estimate of drug-likeness (QED) is 0.614. The maximum Gasteiger partial charge on any atom is 0.389 e. The van der Waals surface area contributed by atoms with Crippen molar-refractivity contribution in [2.24, 2.45) is 17.3 Å². The van der Waals surface area contributed by atoms with Crippen molar-refractivity contribution in [3.8, 4) is 5.75 Å². The van der Waals surface area contributed by atoms with Crippen LogP contribution in [-0.4, -0.2) is 18.6 Å². The SMILES string of the molecule is C[C@]12CC[C@@H]3c4ccc(OCCCC(F)(F)F)cc4CC[C@H]3[C@@H]1CCC2=O. The van der Waals surface area contributed by atoms with Crippen molar-refractivity contribution in [1.82, 2.24) is 0 Å². The van der Waals surface area contributed by atoms with Crippen LogP contribution in [0.3, 0.4) is 0 Å². The Morgan fingerprint density at radius 1 is 1.19 bits per heavy atom. The van der Waals surface area contributed by atoms with Gasteiger partial charge in [-0.3, -0.25) is 4.79 Å². The van der Waals surface area contributed by atoms with Gasteiger partial charge < -0.3 is 4.74 Å². The number of rotatable bonds is 4. The molecule has 0 bridgehead atoms. The van der Waals surface area contributed by atoms with Crippen molar-refractivity contribution in [2.75, 3.05) is 6.61 Å². The molecule has 4 rings (SSSR count). The zero-order valence-electron chi connectivity index (χ0n) is 15.8. The summed E-state index contributed by atoms with van der Waals surface area (Å²) in [5.41, 5.74) is 2.54. The number of hydrogen-bond acceptors (Lipinski definition) is 2. The van der Waals surface area contributed by atoms with E-state index in [0.29, 0.717) is 29.3 Å². The molecule has 1 aromatic rings. The standard InChI is InChI=1S/C22H27F3O2/c1-21-11-9-17-16-6-4-15(27-12-2-10-22(23,24)25)13-14(16)3-5-18(17)19(21)7-8-20(21)26/h4,6,13,17-19H,2-3,5,7-12H2,1H3/t17-,18-,19+,21+/m1/s1. The fourth-order valence-electron chi connectivity index (χ4n) is 5.88. The van der Waals surface area contributed by atoms with Gasteiger partial charge in [0.05, 0.1) is 6.61 Å². The molecule has 27 heavy (non-hydrogen) atoms. The van der Waals surface area contributed by atoms with Crippen LogP contribution >= 0.6 is 0 Å². The lowest BCUT2D eigenvalue weighted by atomic mass is 9.55. The third-order valence-electron chi connectivity index (χ3n) is 7.28. The van der Waals surface area contributed by atoms with E-state index in [2.05, 4.69) is 13.0 Å². The summed E-state index contributed by atoms with van der Waals surface area (Å²) in [7, 11) is 0. The second kappa shape index (κ2) is 6.82. The average Bonchev–Trinajstić information content (AvgIpc) is 2.93. The smallest absolute Gasteiger partial charge is 0.389 e. The number of carbonyl (C=O) groups excluding carboxylic acids is 1. The Hall–Kier alpha value is -1.52. The van der Waals surface area contributed by atoms with Gasteiger partial charge in [-0.2, -0.15) is 13.2 Å². The van der Waals surface area contributed by atoms with Gasteiger partial charge >= 0.3 is 6.18 Å². The van der Waals surface area contributed by atoms with Crippen LogP contribution in [0, 0.1) is 17.3 Å². The highest BCUT2D eigenvalue weighted by atomic mass is 19.4. The molecule has 0 N–H and O–H groups in total. The number of fused-ring (bicyclic) bond motifs is 5. The van der Waals surface area contributed by atoms with E-state index in [1.54, 1.807) is 0 Å². The van der Waals surface area contributed by atoms with Gasteiger partial charge in [0.1, 0.15) is 11.5 Å². The predicted octanol–water partition coefficient (Wildman–Crippen LogP) is 5.83. The van der Waals surface area contributed by atoms with Crippen LogP contribution in [0.15, 0.2) is 18.2 Å². The molecule has 5 heteroatoms. The number of ether oxygens (including phenoxy) is 1. The minimum absolute atomic E-state index is 0.0143. The molecule has 148 valence electrons. The topological polar surface area (TPSA) is 26.3 Å². The third kappa shape index (κ3) is 3.50. The molecule has 1 aromatic carbocycles. The Labute approximate surface area is 158 Å². The highest BCUT2D eigenvalue weighted by Gasteiger charge is 2.54. The molecule has 0 spiro atoms. The molecule has 3 aliphatic carbocycles. The predicted molar refractivity (Wildman–Crippen MR) is 96.9 cm³/mol. The summed E-state index contributed by atoms with van der Waals surface area (Å²) in [5.74, 6) is 2.74. The zero-order valence-corrected chi connectivity index (χ0v) is 15.8. The van der Waals surface area contributed by atoms with E-state index in [0.717, 1.165) is 38.5 Å². The molecular formula is C22H27F3O2. The molecule has 0 amide bonds. The van der Waals surface area contributed by atoms with E-state index in [9.17, 15) is 18.0 Å². The Morgan fingerprint density at radius 3 is 2.78 bits per heavy atom. The van der Waals surface area contributed by atoms with Gasteiger partial charge in [0.15, 0.2) is 0 Å². The van der Waals surface area contributed by atoms with Gasteiger partial charge in [-0.1, -0.05) is 13.0 Å². The summed E-state index contributed by atoms with van der Waals surface area (Å²) in [4.78, 5) is 12.4. The lowest BCUT2D eigenvalue weighted by molar-refractivity contribution is -0.136. The van der Waals surface area contributed by atoms with Crippen molar-refractivity contribution in [3.63, 3.8) is 0 Å². The minimum atomic E-state index is -4.12. The highest BCUT2D eigenvalue weighted by molar-refractivity contribution is 5.87. The fourth-order valence-corrected chi connectivity index (χ4v) is 5.88. The summed E-state index contributed by atoms with van der Waals surface area (Å²) in [6.45, 7) is 2.27. The van der Waals surface area contributed by atoms with Crippen molar-refractivity contribution in [1.29, 1.82) is 0 Å². The molecule has 0 saturated heterocycles. The van der Waals surface area contributed by atoms with Gasteiger partial charge in [-0.05, 0) is 79.5 Å². The largest absolute Gasteiger partial charge is 0.494 e. The van der Waals surface area contributed by atoms with E-state index in [1.165, 1.54) is 11.1 Å². The van der Waals surface area contributed by atoms with Crippen LogP contribution < -0.4 is 4.74 Å². The van der Waals surface area contributed by atoms with Crippen molar-refractivity contribution >= 4 is 5.78 Å². The average molecular weight is 380 g/mol. The van der Waals surface area contributed by atoms with Crippen LogP contribution in [0.2, 0.25) is 0 Å². The second-order valence-corrected chi connectivity index (χ2v) is 8.76. The zero-order chi connectivity index (χ0) is 19.2. The Morgan fingerprint density at radius 2 is 2.00 bits per heavy atom. The third-order valence-corrected chi connectivity index (χ3v) is 7.28. The summed E-state index contributed by atoms with van der Waals surface area (Å²) in [5, 5.41) is 0. The molecule has 2 nitrogen and oxygen atoms in total. The van der Waals surface area contributed by atoms with Crippen molar-refractivity contribution in [3.05, 3.63) is 29.3 Å². The molecule has 2 fully saturated rings. The molecule has 0 radical (unpaired) electrons. The first-order chi connectivity index (χ1) is 12.8. The number of hydrogen-bond donors (Lipinski definition) is 0. The molecular weight excluding hydrogens is 353 g/mol. The maximum absolute atomic E-state index is 12.4. The lowest BCUT2D eigenvalue weighted by Crippen LogP contribution is -2.42. The molecule has 0 aliphatic heterocycles. The van der Waals surface area contributed by atoms with Crippen LogP contribution in [-0.2, 0) is 11.2 Å². The van der Waals surface area contributed by atoms with Crippen LogP contribution in [0.5, 0.6) is 5.75 Å². The number of carbonyl (C=O) groups is 1. The summed E-state index contributed by atoms with van der Waals surface area (Å²) >= 11 is 0. The van der Waals surface area contributed by atoms with E-state index in [-0.39, 0.29) is 18.4 Å². The van der Waals surface area contributed by atoms with Gasteiger partial charge in [-0.15, -0.1) is 0 Å². The number of ketones is 1. The summed E-state index contributed by atoms with van der Waals surface area (Å²) in [6, 6.07) is 6.04.